The molecule has 17 heavy (non-hydrogen) atoms. The van der Waals surface area contributed by atoms with Crippen LogP contribution in [0.2, 0.25) is 0 Å². The minimum atomic E-state index is -0.179. The van der Waals surface area contributed by atoms with Gasteiger partial charge in [0.2, 0.25) is 0 Å². The van der Waals surface area contributed by atoms with Gasteiger partial charge in [-0.15, -0.1) is 11.3 Å². The van der Waals surface area contributed by atoms with Crippen molar-refractivity contribution < 1.29 is 4.74 Å². The van der Waals surface area contributed by atoms with Crippen molar-refractivity contribution in [2.24, 2.45) is 5.41 Å². The summed E-state index contributed by atoms with van der Waals surface area (Å²) < 4.78 is 7.17. The second-order valence-corrected chi connectivity index (χ2v) is 6.99. The molecular formula is C14H17NOS. The minimum Gasteiger partial charge on any atom is -0.358 e. The van der Waals surface area contributed by atoms with E-state index in [2.05, 4.69) is 45.9 Å². The summed E-state index contributed by atoms with van der Waals surface area (Å²) in [6.07, 6.45) is 0.274. The van der Waals surface area contributed by atoms with E-state index in [-0.39, 0.29) is 17.1 Å². The summed E-state index contributed by atoms with van der Waals surface area (Å²) in [4.78, 5) is 4.70. The van der Waals surface area contributed by atoms with Crippen molar-refractivity contribution in [3.63, 3.8) is 0 Å². The Bertz CT molecular complexity index is 536. The number of fused-ring (bicyclic) bond motifs is 1. The van der Waals surface area contributed by atoms with Crippen molar-refractivity contribution in [3.8, 4) is 0 Å². The molecule has 3 heteroatoms. The second kappa shape index (κ2) is 3.30. The zero-order chi connectivity index (χ0) is 12.3. The summed E-state index contributed by atoms with van der Waals surface area (Å²) in [7, 11) is 0. The van der Waals surface area contributed by atoms with Gasteiger partial charge in [-0.25, -0.2) is 4.98 Å². The van der Waals surface area contributed by atoms with Crippen molar-refractivity contribution in [3.05, 3.63) is 29.3 Å². The first-order valence-corrected chi connectivity index (χ1v) is 6.77. The number of hydrogen-bond donors (Lipinski definition) is 0. The Morgan fingerprint density at radius 2 is 2.00 bits per heavy atom. The van der Waals surface area contributed by atoms with Gasteiger partial charge in [-0.05, 0) is 24.5 Å². The second-order valence-electron chi connectivity index (χ2n) is 5.96. The van der Waals surface area contributed by atoms with E-state index in [0.717, 1.165) is 10.5 Å². The fourth-order valence-corrected chi connectivity index (χ4v) is 3.54. The van der Waals surface area contributed by atoms with Gasteiger partial charge in [0, 0.05) is 0 Å². The molecule has 0 amide bonds. The third-order valence-electron chi connectivity index (χ3n) is 3.31. The Balaban J connectivity index is 2.01. The van der Waals surface area contributed by atoms with Gasteiger partial charge in [0.1, 0.15) is 10.6 Å². The highest BCUT2D eigenvalue weighted by Gasteiger charge is 2.60. The van der Waals surface area contributed by atoms with Gasteiger partial charge in [-0.1, -0.05) is 32.9 Å². The van der Waals surface area contributed by atoms with E-state index in [4.69, 9.17) is 9.72 Å². The predicted octanol–water partition coefficient (Wildman–Crippen LogP) is 3.96. The molecule has 0 saturated carbocycles. The molecule has 0 N–H and O–H groups in total. The molecule has 2 atom stereocenters. The average Bonchev–Trinajstić information content (AvgIpc) is 2.79. The molecule has 1 saturated heterocycles. The minimum absolute atomic E-state index is 0.173. The molecule has 2 nitrogen and oxygen atoms in total. The highest BCUT2D eigenvalue weighted by atomic mass is 32.1. The molecular weight excluding hydrogens is 230 g/mol. The molecule has 1 aliphatic rings. The molecule has 0 bridgehead atoms. The Hall–Kier alpha value is -0.930. The van der Waals surface area contributed by atoms with E-state index in [1.54, 1.807) is 11.3 Å². The van der Waals surface area contributed by atoms with Crippen molar-refractivity contribution in [1.82, 2.24) is 4.98 Å². The molecule has 1 aromatic carbocycles. The quantitative estimate of drug-likeness (QED) is 0.713. The normalized spacial score (nSPS) is 28.6. The number of nitrogens with zero attached hydrogens (tertiary/aromatic N) is 1. The molecule has 0 unspecified atom stereocenters. The highest BCUT2D eigenvalue weighted by molar-refractivity contribution is 7.18. The predicted molar refractivity (Wildman–Crippen MR) is 71.3 cm³/mol. The maximum atomic E-state index is 5.93. The average molecular weight is 247 g/mol. The summed E-state index contributed by atoms with van der Waals surface area (Å²) >= 11 is 1.75. The molecule has 0 aliphatic carbocycles. The summed E-state index contributed by atoms with van der Waals surface area (Å²) in [5.74, 6) is 0. The summed E-state index contributed by atoms with van der Waals surface area (Å²) in [6, 6.07) is 8.27. The first kappa shape index (κ1) is 11.2. The number of epoxide rings is 1. The summed E-state index contributed by atoms with van der Waals surface area (Å²) in [6.45, 7) is 8.81. The van der Waals surface area contributed by atoms with Crippen molar-refractivity contribution in [1.29, 1.82) is 0 Å². The van der Waals surface area contributed by atoms with Crippen LogP contribution in [0.4, 0.5) is 0 Å². The van der Waals surface area contributed by atoms with Crippen LogP contribution in [-0.2, 0) is 10.3 Å². The number of hydrogen-bond acceptors (Lipinski definition) is 3. The molecule has 1 aliphatic heterocycles. The van der Waals surface area contributed by atoms with Crippen LogP contribution in [0.3, 0.4) is 0 Å². The number of aromatic nitrogens is 1. The highest BCUT2D eigenvalue weighted by Crippen LogP contribution is 2.55. The van der Waals surface area contributed by atoms with Crippen LogP contribution in [0.15, 0.2) is 24.3 Å². The van der Waals surface area contributed by atoms with Crippen molar-refractivity contribution in [2.45, 2.75) is 39.4 Å². The third kappa shape index (κ3) is 1.69. The van der Waals surface area contributed by atoms with Crippen LogP contribution in [-0.4, -0.2) is 11.1 Å². The van der Waals surface area contributed by atoms with Crippen molar-refractivity contribution in [2.75, 3.05) is 0 Å². The lowest BCUT2D eigenvalue weighted by molar-refractivity contribution is 0.249. The Morgan fingerprint density at radius 3 is 2.59 bits per heavy atom. The molecule has 0 radical (unpaired) electrons. The van der Waals surface area contributed by atoms with Gasteiger partial charge in [0.05, 0.1) is 16.3 Å². The van der Waals surface area contributed by atoms with E-state index in [1.165, 1.54) is 4.70 Å². The van der Waals surface area contributed by atoms with Gasteiger partial charge in [-0.3, -0.25) is 0 Å². The van der Waals surface area contributed by atoms with Gasteiger partial charge in [0.25, 0.3) is 0 Å². The third-order valence-corrected chi connectivity index (χ3v) is 4.57. The van der Waals surface area contributed by atoms with Crippen LogP contribution in [0.25, 0.3) is 10.2 Å². The van der Waals surface area contributed by atoms with E-state index in [0.29, 0.717) is 0 Å². The molecule has 0 spiro atoms. The molecule has 1 fully saturated rings. The van der Waals surface area contributed by atoms with Crippen LogP contribution in [0.5, 0.6) is 0 Å². The Labute approximate surface area is 106 Å². The summed E-state index contributed by atoms with van der Waals surface area (Å²) in [5, 5.41) is 1.11. The van der Waals surface area contributed by atoms with Crippen LogP contribution < -0.4 is 0 Å². The first-order valence-electron chi connectivity index (χ1n) is 5.95. The zero-order valence-corrected chi connectivity index (χ0v) is 11.5. The zero-order valence-electron chi connectivity index (χ0n) is 10.7. The molecule has 2 heterocycles. The Morgan fingerprint density at radius 1 is 1.29 bits per heavy atom. The van der Waals surface area contributed by atoms with Gasteiger partial charge < -0.3 is 4.74 Å². The first-order chi connectivity index (χ1) is 7.91. The fourth-order valence-electron chi connectivity index (χ4n) is 2.46. The molecule has 1 aromatic heterocycles. The maximum absolute atomic E-state index is 5.93. The van der Waals surface area contributed by atoms with Gasteiger partial charge in [-0.2, -0.15) is 0 Å². The lowest BCUT2D eigenvalue weighted by atomic mass is 9.86. The number of thiazole rings is 1. The van der Waals surface area contributed by atoms with E-state index < -0.39 is 0 Å². The van der Waals surface area contributed by atoms with E-state index in [9.17, 15) is 0 Å². The molecule has 90 valence electrons. The SMILES string of the molecule is CC(C)(C)[C@@H]1O[C@]1(C)c1nc2ccccc2s1. The monoisotopic (exact) mass is 247 g/mol. The Kier molecular flexibility index (Phi) is 2.17. The maximum Gasteiger partial charge on any atom is 0.144 e. The van der Waals surface area contributed by atoms with E-state index >= 15 is 0 Å². The van der Waals surface area contributed by atoms with E-state index in [1.807, 2.05) is 6.07 Å². The standard InChI is InChI=1S/C14H17NOS/c1-13(2,3)11-14(4,16-11)12-15-9-7-5-6-8-10(9)17-12/h5-8,11H,1-4H3/t11-,14-/m0/s1. The number of para-hydroxylation sites is 1. The molecule has 2 aromatic rings. The summed E-state index contributed by atoms with van der Waals surface area (Å²) in [5.41, 5.74) is 1.08. The topological polar surface area (TPSA) is 25.4 Å². The number of ether oxygens (including phenoxy) is 1. The van der Waals surface area contributed by atoms with Crippen LogP contribution >= 0.6 is 11.3 Å². The van der Waals surface area contributed by atoms with Gasteiger partial charge >= 0.3 is 0 Å². The number of benzene rings is 1. The molecule has 3 rings (SSSR count). The van der Waals surface area contributed by atoms with Crippen LogP contribution in [0, 0.1) is 5.41 Å². The van der Waals surface area contributed by atoms with Crippen molar-refractivity contribution >= 4 is 21.6 Å². The fraction of sp³-hybridized carbons (Fsp3) is 0.500. The lowest BCUT2D eigenvalue weighted by Crippen LogP contribution is -2.20. The van der Waals surface area contributed by atoms with Gasteiger partial charge in [0.15, 0.2) is 0 Å². The smallest absolute Gasteiger partial charge is 0.144 e. The lowest BCUT2D eigenvalue weighted by Gasteiger charge is -2.16. The largest absolute Gasteiger partial charge is 0.358 e. The number of rotatable bonds is 1. The van der Waals surface area contributed by atoms with Crippen LogP contribution in [0.1, 0.15) is 32.7 Å².